The highest BCUT2D eigenvalue weighted by atomic mass is 79.9. The highest BCUT2D eigenvalue weighted by Gasteiger charge is 2.10. The van der Waals surface area contributed by atoms with Crippen LogP contribution in [0.15, 0.2) is 51.9 Å². The van der Waals surface area contributed by atoms with Crippen molar-refractivity contribution in [3.05, 3.63) is 62.9 Å². The number of methoxy groups -OCH3 is 1. The van der Waals surface area contributed by atoms with Gasteiger partial charge in [-0.2, -0.15) is 4.99 Å². The lowest BCUT2D eigenvalue weighted by atomic mass is 10.1. The summed E-state index contributed by atoms with van der Waals surface area (Å²) in [6, 6.07) is 12.5. The van der Waals surface area contributed by atoms with Gasteiger partial charge in [0.2, 0.25) is 0 Å². The van der Waals surface area contributed by atoms with Gasteiger partial charge in [-0.1, -0.05) is 39.4 Å². The third-order valence-electron chi connectivity index (χ3n) is 3.90. The number of amides is 1. The van der Waals surface area contributed by atoms with Crippen molar-refractivity contribution in [2.75, 3.05) is 13.7 Å². The number of carbonyl (C=O) groups is 2. The summed E-state index contributed by atoms with van der Waals surface area (Å²) in [7, 11) is 1.64. The van der Waals surface area contributed by atoms with Gasteiger partial charge in [0.1, 0.15) is 0 Å². The fourth-order valence-corrected chi connectivity index (χ4v) is 4.14. The first-order valence-corrected chi connectivity index (χ1v) is 9.58. The molecule has 134 valence electrons. The van der Waals surface area contributed by atoms with E-state index in [1.54, 1.807) is 31.4 Å². The number of ketones is 1. The molecule has 3 rings (SSSR count). The molecule has 0 aliphatic rings. The third kappa shape index (κ3) is 4.00. The maximum Gasteiger partial charge on any atom is 0.279 e. The Morgan fingerprint density at radius 2 is 1.85 bits per heavy atom. The molecule has 0 bridgehead atoms. The summed E-state index contributed by atoms with van der Waals surface area (Å²) in [6.45, 7) is 2.62. The minimum absolute atomic E-state index is 0.0339. The number of aromatic nitrogens is 1. The third-order valence-corrected chi connectivity index (χ3v) is 5.43. The Labute approximate surface area is 163 Å². The smallest absolute Gasteiger partial charge is 0.279 e. The molecule has 5 nitrogen and oxygen atoms in total. The molecular formula is C19H17BrN2O3S. The quantitative estimate of drug-likeness (QED) is 0.571. The highest BCUT2D eigenvalue weighted by molar-refractivity contribution is 9.10. The number of hydrogen-bond acceptors (Lipinski definition) is 4. The molecule has 0 aliphatic carbocycles. The Bertz CT molecular complexity index is 1040. The van der Waals surface area contributed by atoms with Crippen LogP contribution in [0.4, 0.5) is 0 Å². The molecule has 0 aliphatic heterocycles. The lowest BCUT2D eigenvalue weighted by molar-refractivity contribution is 0.0991. The van der Waals surface area contributed by atoms with Gasteiger partial charge >= 0.3 is 0 Å². The summed E-state index contributed by atoms with van der Waals surface area (Å²) in [5.74, 6) is -0.370. The number of benzene rings is 2. The average Bonchev–Trinajstić information content (AvgIpc) is 2.95. The summed E-state index contributed by atoms with van der Waals surface area (Å²) in [6.07, 6.45) is 0. The van der Waals surface area contributed by atoms with Gasteiger partial charge in [-0.25, -0.2) is 0 Å². The second-order valence-electron chi connectivity index (χ2n) is 5.69. The number of carbonyl (C=O) groups excluding carboxylic acids is 2. The second-order valence-corrected chi connectivity index (χ2v) is 7.62. The van der Waals surface area contributed by atoms with Crippen LogP contribution >= 0.6 is 27.3 Å². The molecule has 0 N–H and O–H groups in total. The van der Waals surface area contributed by atoms with Crippen molar-refractivity contribution in [3.63, 3.8) is 0 Å². The van der Waals surface area contributed by atoms with Crippen LogP contribution in [-0.2, 0) is 11.3 Å². The zero-order chi connectivity index (χ0) is 18.7. The monoisotopic (exact) mass is 432 g/mol. The molecular weight excluding hydrogens is 416 g/mol. The van der Waals surface area contributed by atoms with E-state index in [9.17, 15) is 9.59 Å². The van der Waals surface area contributed by atoms with Crippen molar-refractivity contribution >= 4 is 49.2 Å². The maximum absolute atomic E-state index is 12.6. The van der Waals surface area contributed by atoms with Gasteiger partial charge in [0.05, 0.1) is 16.8 Å². The van der Waals surface area contributed by atoms with Gasteiger partial charge in [0, 0.05) is 29.3 Å². The number of rotatable bonds is 5. The molecule has 1 aromatic heterocycles. The van der Waals surface area contributed by atoms with E-state index in [0.29, 0.717) is 29.1 Å². The van der Waals surface area contributed by atoms with Crippen molar-refractivity contribution in [2.45, 2.75) is 13.5 Å². The molecule has 1 heterocycles. The van der Waals surface area contributed by atoms with Crippen molar-refractivity contribution < 1.29 is 14.3 Å². The topological polar surface area (TPSA) is 60.7 Å². The van der Waals surface area contributed by atoms with E-state index in [0.717, 1.165) is 14.7 Å². The lowest BCUT2D eigenvalue weighted by Crippen LogP contribution is -2.19. The molecule has 0 fully saturated rings. The van der Waals surface area contributed by atoms with Crippen LogP contribution < -0.4 is 4.80 Å². The van der Waals surface area contributed by atoms with E-state index >= 15 is 0 Å². The number of ether oxygens (including phenoxy) is 1. The molecule has 0 unspecified atom stereocenters. The number of Topliss-reactive ketones (excluding diaryl/α,β-unsaturated/α-hetero) is 1. The largest absolute Gasteiger partial charge is 0.383 e. The standard InChI is InChI=1S/C19H17BrN2O3S/c1-12(23)13-3-5-14(6-4-13)18(24)21-19-22(9-10-25-2)16-8-7-15(20)11-17(16)26-19/h3-8,11H,9-10H2,1-2H3. The summed E-state index contributed by atoms with van der Waals surface area (Å²) >= 11 is 4.93. The Morgan fingerprint density at radius 1 is 1.15 bits per heavy atom. The van der Waals surface area contributed by atoms with Gasteiger partial charge in [0.15, 0.2) is 10.6 Å². The Balaban J connectivity index is 2.04. The van der Waals surface area contributed by atoms with Crippen molar-refractivity contribution in [3.8, 4) is 0 Å². The number of nitrogens with zero attached hydrogens (tertiary/aromatic N) is 2. The van der Waals surface area contributed by atoms with E-state index in [2.05, 4.69) is 20.9 Å². The molecule has 0 spiro atoms. The molecule has 0 saturated heterocycles. The Hall–Kier alpha value is -2.09. The summed E-state index contributed by atoms with van der Waals surface area (Å²) < 4.78 is 9.18. The predicted molar refractivity (Wildman–Crippen MR) is 106 cm³/mol. The van der Waals surface area contributed by atoms with Gasteiger partial charge in [-0.05, 0) is 37.3 Å². The SMILES string of the molecule is COCCn1c(=NC(=O)c2ccc(C(C)=O)cc2)sc2cc(Br)ccc21. The number of hydrogen-bond donors (Lipinski definition) is 0. The van der Waals surface area contributed by atoms with Crippen LogP contribution in [0, 0.1) is 0 Å². The first-order valence-electron chi connectivity index (χ1n) is 7.97. The summed E-state index contributed by atoms with van der Waals surface area (Å²) in [5.41, 5.74) is 2.03. The minimum atomic E-state index is -0.336. The van der Waals surface area contributed by atoms with Crippen LogP contribution in [0.25, 0.3) is 10.2 Å². The average molecular weight is 433 g/mol. The fraction of sp³-hybridized carbons (Fsp3) is 0.211. The van der Waals surface area contributed by atoms with E-state index < -0.39 is 0 Å². The fourth-order valence-electron chi connectivity index (χ4n) is 2.53. The normalized spacial score (nSPS) is 11.9. The van der Waals surface area contributed by atoms with Crippen LogP contribution in [0.3, 0.4) is 0 Å². The minimum Gasteiger partial charge on any atom is -0.383 e. The van der Waals surface area contributed by atoms with E-state index in [-0.39, 0.29) is 11.7 Å². The van der Waals surface area contributed by atoms with Crippen molar-refractivity contribution in [1.82, 2.24) is 4.57 Å². The zero-order valence-corrected chi connectivity index (χ0v) is 16.8. The number of thiazole rings is 1. The van der Waals surface area contributed by atoms with Crippen LogP contribution in [0.1, 0.15) is 27.6 Å². The highest BCUT2D eigenvalue weighted by Crippen LogP contribution is 2.22. The van der Waals surface area contributed by atoms with Crippen LogP contribution in [0.2, 0.25) is 0 Å². The summed E-state index contributed by atoms with van der Waals surface area (Å²) in [4.78, 5) is 28.9. The van der Waals surface area contributed by atoms with Gasteiger partial charge in [0.25, 0.3) is 5.91 Å². The Morgan fingerprint density at radius 3 is 2.50 bits per heavy atom. The lowest BCUT2D eigenvalue weighted by Gasteiger charge is -2.04. The van der Waals surface area contributed by atoms with Crippen LogP contribution in [0.5, 0.6) is 0 Å². The molecule has 26 heavy (non-hydrogen) atoms. The van der Waals surface area contributed by atoms with E-state index in [1.165, 1.54) is 18.3 Å². The number of halogens is 1. The number of fused-ring (bicyclic) bond motifs is 1. The summed E-state index contributed by atoms with van der Waals surface area (Å²) in [5, 5.41) is 0. The van der Waals surface area contributed by atoms with Crippen LogP contribution in [-0.4, -0.2) is 30.0 Å². The van der Waals surface area contributed by atoms with E-state index in [4.69, 9.17) is 4.74 Å². The van der Waals surface area contributed by atoms with Gasteiger partial charge in [-0.15, -0.1) is 0 Å². The molecule has 2 aromatic carbocycles. The molecule has 1 amide bonds. The van der Waals surface area contributed by atoms with Crippen molar-refractivity contribution in [2.24, 2.45) is 4.99 Å². The molecule has 0 atom stereocenters. The van der Waals surface area contributed by atoms with Gasteiger partial charge in [-0.3, -0.25) is 9.59 Å². The first-order chi connectivity index (χ1) is 12.5. The maximum atomic E-state index is 12.6. The second kappa shape index (κ2) is 8.07. The Kier molecular flexibility index (Phi) is 5.80. The first kappa shape index (κ1) is 18.7. The van der Waals surface area contributed by atoms with E-state index in [1.807, 2.05) is 22.8 Å². The van der Waals surface area contributed by atoms with Gasteiger partial charge < -0.3 is 9.30 Å². The zero-order valence-electron chi connectivity index (χ0n) is 14.4. The molecule has 0 radical (unpaired) electrons. The molecule has 0 saturated carbocycles. The molecule has 7 heteroatoms. The van der Waals surface area contributed by atoms with Crippen molar-refractivity contribution in [1.29, 1.82) is 0 Å². The molecule has 3 aromatic rings. The predicted octanol–water partition coefficient (Wildman–Crippen LogP) is 4.06.